The van der Waals surface area contributed by atoms with Crippen molar-refractivity contribution in [2.45, 2.75) is 17.9 Å². The van der Waals surface area contributed by atoms with Crippen LogP contribution in [0.15, 0.2) is 35.4 Å². The van der Waals surface area contributed by atoms with Crippen molar-refractivity contribution in [3.63, 3.8) is 0 Å². The Morgan fingerprint density at radius 1 is 1.38 bits per heavy atom. The maximum absolute atomic E-state index is 12.6. The number of aryl methyl sites for hydroxylation is 1. The molecule has 0 saturated carbocycles. The number of phenolic OH excluding ortho intramolecular Hbond substituents is 1. The van der Waals surface area contributed by atoms with E-state index in [4.69, 9.17) is 5.73 Å². The molecule has 0 aliphatic carbocycles. The zero-order valence-corrected chi connectivity index (χ0v) is 12.9. The van der Waals surface area contributed by atoms with E-state index in [1.165, 1.54) is 24.0 Å². The molecule has 2 aromatic rings. The number of anilines is 1. The van der Waals surface area contributed by atoms with Crippen molar-refractivity contribution >= 4 is 15.8 Å². The molecular weight excluding hydrogens is 292 g/mol. The number of aromatic nitrogens is 2. The number of phenols is 1. The number of sulfonamides is 1. The Hall–Kier alpha value is -2.06. The molecule has 0 aliphatic rings. The smallest absolute Gasteiger partial charge is 0.248 e. The monoisotopic (exact) mass is 310 g/mol. The summed E-state index contributed by atoms with van der Waals surface area (Å²) in [7, 11) is -0.757. The second-order valence-electron chi connectivity index (χ2n) is 4.81. The van der Waals surface area contributed by atoms with Gasteiger partial charge >= 0.3 is 0 Å². The third-order valence-corrected chi connectivity index (χ3v) is 5.36. The maximum atomic E-state index is 12.6. The SMILES string of the molecule is CC(c1ccccc1O)N(C)S(=O)(=O)c1cn(C)nc1N. The third kappa shape index (κ3) is 2.72. The van der Waals surface area contributed by atoms with Gasteiger partial charge in [0, 0.05) is 25.9 Å². The summed E-state index contributed by atoms with van der Waals surface area (Å²) < 4.78 is 27.7. The molecule has 0 fully saturated rings. The molecule has 0 saturated heterocycles. The predicted octanol–water partition coefficient (Wildman–Crippen LogP) is 1.09. The number of aromatic hydroxyl groups is 1. The first-order valence-electron chi connectivity index (χ1n) is 6.30. The van der Waals surface area contributed by atoms with Crippen LogP contribution in [0.3, 0.4) is 0 Å². The van der Waals surface area contributed by atoms with Gasteiger partial charge < -0.3 is 10.8 Å². The molecule has 0 radical (unpaired) electrons. The van der Waals surface area contributed by atoms with Gasteiger partial charge in [-0.05, 0) is 13.0 Å². The lowest BCUT2D eigenvalue weighted by molar-refractivity contribution is 0.381. The van der Waals surface area contributed by atoms with Crippen LogP contribution in [0.4, 0.5) is 5.82 Å². The van der Waals surface area contributed by atoms with Gasteiger partial charge in [0.1, 0.15) is 10.6 Å². The van der Waals surface area contributed by atoms with E-state index in [-0.39, 0.29) is 16.5 Å². The highest BCUT2D eigenvalue weighted by atomic mass is 32.2. The summed E-state index contributed by atoms with van der Waals surface area (Å²) in [5.74, 6) is 0.0000391. The van der Waals surface area contributed by atoms with Crippen molar-refractivity contribution in [1.29, 1.82) is 0 Å². The standard InChI is InChI=1S/C13H18N4O3S/c1-9(10-6-4-5-7-11(10)18)17(3)21(19,20)12-8-16(2)15-13(12)14/h4-9,18H,1-3H3,(H2,14,15). The normalized spacial score (nSPS) is 13.5. The highest BCUT2D eigenvalue weighted by Gasteiger charge is 2.30. The first kappa shape index (κ1) is 15.3. The van der Waals surface area contributed by atoms with Crippen LogP contribution in [0.25, 0.3) is 0 Å². The van der Waals surface area contributed by atoms with Crippen LogP contribution in [-0.2, 0) is 17.1 Å². The predicted molar refractivity (Wildman–Crippen MR) is 79.1 cm³/mol. The first-order valence-corrected chi connectivity index (χ1v) is 7.74. The summed E-state index contributed by atoms with van der Waals surface area (Å²) >= 11 is 0. The van der Waals surface area contributed by atoms with E-state index in [2.05, 4.69) is 5.10 Å². The van der Waals surface area contributed by atoms with Gasteiger partial charge in [0.25, 0.3) is 0 Å². The van der Waals surface area contributed by atoms with Gasteiger partial charge in [-0.3, -0.25) is 4.68 Å². The molecule has 0 aliphatic heterocycles. The van der Waals surface area contributed by atoms with E-state index >= 15 is 0 Å². The molecule has 7 nitrogen and oxygen atoms in total. The molecule has 1 unspecified atom stereocenters. The van der Waals surface area contributed by atoms with Crippen LogP contribution >= 0.6 is 0 Å². The molecule has 21 heavy (non-hydrogen) atoms. The Labute approximate surface area is 123 Å². The molecule has 3 N–H and O–H groups in total. The molecule has 1 heterocycles. The summed E-state index contributed by atoms with van der Waals surface area (Å²) in [6.07, 6.45) is 1.36. The highest BCUT2D eigenvalue weighted by Crippen LogP contribution is 2.31. The van der Waals surface area contributed by atoms with Crippen molar-refractivity contribution in [3.05, 3.63) is 36.0 Å². The number of rotatable bonds is 4. The zero-order valence-electron chi connectivity index (χ0n) is 12.1. The number of nitrogen functional groups attached to an aromatic ring is 1. The van der Waals surface area contributed by atoms with Crippen LogP contribution in [-0.4, -0.2) is 34.7 Å². The van der Waals surface area contributed by atoms with Crippen molar-refractivity contribution in [1.82, 2.24) is 14.1 Å². The summed E-state index contributed by atoms with van der Waals surface area (Å²) in [4.78, 5) is -0.0465. The van der Waals surface area contributed by atoms with Crippen LogP contribution in [0.1, 0.15) is 18.5 Å². The Bertz CT molecular complexity index is 755. The Morgan fingerprint density at radius 3 is 2.52 bits per heavy atom. The number of nitrogens with two attached hydrogens (primary N) is 1. The summed E-state index contributed by atoms with van der Waals surface area (Å²) in [6.45, 7) is 1.69. The molecule has 1 atom stereocenters. The van der Waals surface area contributed by atoms with E-state index in [1.54, 1.807) is 32.2 Å². The Kier molecular flexibility index (Phi) is 3.93. The van der Waals surface area contributed by atoms with E-state index in [0.29, 0.717) is 5.56 Å². The summed E-state index contributed by atoms with van der Waals surface area (Å²) in [5, 5.41) is 13.7. The second kappa shape index (κ2) is 5.38. The summed E-state index contributed by atoms with van der Waals surface area (Å²) in [6, 6.07) is 6.07. The van der Waals surface area contributed by atoms with E-state index in [9.17, 15) is 13.5 Å². The molecule has 2 rings (SSSR count). The topological polar surface area (TPSA) is 101 Å². The minimum absolute atomic E-state index is 0.0465. The van der Waals surface area contributed by atoms with E-state index < -0.39 is 16.1 Å². The zero-order chi connectivity index (χ0) is 15.8. The molecule has 0 amide bonds. The number of nitrogens with zero attached hydrogens (tertiary/aromatic N) is 3. The maximum Gasteiger partial charge on any atom is 0.248 e. The van der Waals surface area contributed by atoms with E-state index in [0.717, 1.165) is 4.31 Å². The molecule has 8 heteroatoms. The Morgan fingerprint density at radius 2 is 2.00 bits per heavy atom. The molecule has 114 valence electrons. The average molecular weight is 310 g/mol. The minimum Gasteiger partial charge on any atom is -0.508 e. The molecule has 0 bridgehead atoms. The van der Waals surface area contributed by atoms with Crippen LogP contribution in [0.2, 0.25) is 0 Å². The van der Waals surface area contributed by atoms with Gasteiger partial charge in [-0.15, -0.1) is 0 Å². The highest BCUT2D eigenvalue weighted by molar-refractivity contribution is 7.89. The van der Waals surface area contributed by atoms with Crippen molar-refractivity contribution in [2.24, 2.45) is 7.05 Å². The van der Waals surface area contributed by atoms with Gasteiger partial charge in [-0.25, -0.2) is 8.42 Å². The van der Waals surface area contributed by atoms with Crippen molar-refractivity contribution in [3.8, 4) is 5.75 Å². The van der Waals surface area contributed by atoms with Gasteiger partial charge in [-0.1, -0.05) is 18.2 Å². The average Bonchev–Trinajstić information content (AvgIpc) is 2.77. The summed E-state index contributed by atoms with van der Waals surface area (Å²) in [5.41, 5.74) is 6.17. The fraction of sp³-hybridized carbons (Fsp3) is 0.308. The van der Waals surface area contributed by atoms with Gasteiger partial charge in [0.15, 0.2) is 5.82 Å². The van der Waals surface area contributed by atoms with Crippen molar-refractivity contribution in [2.75, 3.05) is 12.8 Å². The molecule has 1 aromatic carbocycles. The van der Waals surface area contributed by atoms with Gasteiger partial charge in [0.2, 0.25) is 10.0 Å². The fourth-order valence-corrected chi connectivity index (χ4v) is 3.51. The van der Waals surface area contributed by atoms with Crippen molar-refractivity contribution < 1.29 is 13.5 Å². The number of hydrogen-bond acceptors (Lipinski definition) is 5. The lowest BCUT2D eigenvalue weighted by Crippen LogP contribution is -2.30. The van der Waals surface area contributed by atoms with Crippen LogP contribution in [0.5, 0.6) is 5.75 Å². The molecule has 0 spiro atoms. The number of benzene rings is 1. The lowest BCUT2D eigenvalue weighted by Gasteiger charge is -2.24. The lowest BCUT2D eigenvalue weighted by atomic mass is 10.1. The van der Waals surface area contributed by atoms with Gasteiger partial charge in [0.05, 0.1) is 6.04 Å². The number of hydrogen-bond donors (Lipinski definition) is 2. The largest absolute Gasteiger partial charge is 0.508 e. The van der Waals surface area contributed by atoms with Gasteiger partial charge in [-0.2, -0.15) is 9.40 Å². The van der Waals surface area contributed by atoms with Crippen LogP contribution in [0, 0.1) is 0 Å². The quantitative estimate of drug-likeness (QED) is 0.880. The van der Waals surface area contributed by atoms with E-state index in [1.807, 2.05) is 0 Å². The minimum atomic E-state index is -3.80. The molecule has 1 aromatic heterocycles. The number of para-hydroxylation sites is 1. The first-order chi connectivity index (χ1) is 9.75. The Balaban J connectivity index is 2.41. The third-order valence-electron chi connectivity index (χ3n) is 3.41. The molecular formula is C13H18N4O3S. The second-order valence-corrected chi connectivity index (χ2v) is 6.77. The van der Waals surface area contributed by atoms with Crippen LogP contribution < -0.4 is 5.73 Å². The fourth-order valence-electron chi connectivity index (χ4n) is 2.08.